The highest BCUT2D eigenvalue weighted by Crippen LogP contribution is 2.30. The third-order valence-electron chi connectivity index (χ3n) is 4.49. The molecule has 6 nitrogen and oxygen atoms in total. The predicted octanol–water partition coefficient (Wildman–Crippen LogP) is 2.51. The Morgan fingerprint density at radius 3 is 2.71 bits per heavy atom. The lowest BCUT2D eigenvalue weighted by atomic mass is 9.95. The molecule has 0 aliphatic carbocycles. The predicted molar refractivity (Wildman–Crippen MR) is 93.9 cm³/mol. The van der Waals surface area contributed by atoms with E-state index in [1.54, 1.807) is 13.8 Å². The van der Waals surface area contributed by atoms with E-state index < -0.39 is 10.0 Å². The second-order valence-corrected chi connectivity index (χ2v) is 8.87. The fourth-order valence-corrected chi connectivity index (χ4v) is 5.48. The maximum absolute atomic E-state index is 12.4. The molecule has 0 spiro atoms. The molecule has 0 saturated carbocycles. The number of hydrogen-bond acceptors (Lipinski definition) is 6. The second kappa shape index (κ2) is 7.35. The van der Waals surface area contributed by atoms with Crippen molar-refractivity contribution in [3.8, 4) is 0 Å². The molecule has 2 aromatic heterocycles. The maximum Gasteiger partial charge on any atom is 0.246 e. The molecule has 3 heterocycles. The molecule has 3 rings (SSSR count). The van der Waals surface area contributed by atoms with Crippen LogP contribution in [-0.4, -0.2) is 44.7 Å². The van der Waals surface area contributed by atoms with Crippen LogP contribution in [0.4, 0.5) is 0 Å². The first-order chi connectivity index (χ1) is 11.5. The molecule has 132 valence electrons. The molecule has 1 N–H and O–H groups in total. The van der Waals surface area contributed by atoms with Crippen LogP contribution in [0.1, 0.15) is 35.1 Å². The molecule has 1 aliphatic heterocycles. The molecule has 0 aromatic carbocycles. The summed E-state index contributed by atoms with van der Waals surface area (Å²) in [7, 11) is -3.56. The smallest absolute Gasteiger partial charge is 0.246 e. The van der Waals surface area contributed by atoms with Crippen molar-refractivity contribution in [2.24, 2.45) is 0 Å². The van der Waals surface area contributed by atoms with Gasteiger partial charge >= 0.3 is 0 Å². The van der Waals surface area contributed by atoms with Gasteiger partial charge in [-0.1, -0.05) is 11.2 Å². The van der Waals surface area contributed by atoms with Gasteiger partial charge in [0, 0.05) is 18.0 Å². The Bertz CT molecular complexity index is 741. The number of piperidine rings is 1. The number of aromatic nitrogens is 1. The molecule has 0 radical (unpaired) electrons. The highest BCUT2D eigenvalue weighted by molar-refractivity contribution is 7.89. The van der Waals surface area contributed by atoms with E-state index in [0.717, 1.165) is 32.5 Å². The highest BCUT2D eigenvalue weighted by atomic mass is 32.2. The first kappa shape index (κ1) is 17.6. The van der Waals surface area contributed by atoms with E-state index in [9.17, 15) is 8.42 Å². The quantitative estimate of drug-likeness (QED) is 0.847. The minimum atomic E-state index is -3.56. The first-order valence-electron chi connectivity index (χ1n) is 8.15. The van der Waals surface area contributed by atoms with Gasteiger partial charge in [0.15, 0.2) is 5.76 Å². The van der Waals surface area contributed by atoms with Crippen LogP contribution in [0, 0.1) is 13.8 Å². The minimum absolute atomic E-state index is 0.166. The molecule has 1 saturated heterocycles. The molecular formula is C16H23N3O3S2. The van der Waals surface area contributed by atoms with Crippen LogP contribution in [-0.2, 0) is 10.0 Å². The molecule has 0 atom stereocenters. The van der Waals surface area contributed by atoms with Crippen LogP contribution in [0.3, 0.4) is 0 Å². The first-order valence-corrected chi connectivity index (χ1v) is 10.5. The molecular weight excluding hydrogens is 346 g/mol. The van der Waals surface area contributed by atoms with Crippen molar-refractivity contribution in [3.63, 3.8) is 0 Å². The van der Waals surface area contributed by atoms with Gasteiger partial charge in [-0.2, -0.15) is 0 Å². The summed E-state index contributed by atoms with van der Waals surface area (Å²) in [5.41, 5.74) is 0.400. The zero-order valence-electron chi connectivity index (χ0n) is 14.0. The van der Waals surface area contributed by atoms with E-state index in [4.69, 9.17) is 4.52 Å². The summed E-state index contributed by atoms with van der Waals surface area (Å²) < 4.78 is 32.3. The van der Waals surface area contributed by atoms with Crippen molar-refractivity contribution < 1.29 is 12.9 Å². The molecule has 8 heteroatoms. The number of rotatable bonds is 6. The standard InChI is InChI=1S/C16H23N3O3S2/c1-12-16(13(2)22-18-12)24(20,21)17-7-10-19-8-5-14(6-9-19)15-4-3-11-23-15/h3-4,11,14,17H,5-10H2,1-2H3. The Labute approximate surface area is 146 Å². The van der Waals surface area contributed by atoms with Gasteiger partial charge in [-0.3, -0.25) is 0 Å². The van der Waals surface area contributed by atoms with Crippen LogP contribution in [0.25, 0.3) is 0 Å². The summed E-state index contributed by atoms with van der Waals surface area (Å²) in [6.45, 7) is 6.39. The van der Waals surface area contributed by atoms with Crippen molar-refractivity contribution in [2.75, 3.05) is 26.2 Å². The highest BCUT2D eigenvalue weighted by Gasteiger charge is 2.25. The zero-order valence-corrected chi connectivity index (χ0v) is 15.6. The molecule has 0 amide bonds. The van der Waals surface area contributed by atoms with Gasteiger partial charge < -0.3 is 9.42 Å². The summed E-state index contributed by atoms with van der Waals surface area (Å²) in [5, 5.41) is 5.84. The summed E-state index contributed by atoms with van der Waals surface area (Å²) >= 11 is 1.83. The Morgan fingerprint density at radius 1 is 1.38 bits per heavy atom. The summed E-state index contributed by atoms with van der Waals surface area (Å²) in [6.07, 6.45) is 2.27. The normalized spacial score (nSPS) is 17.4. The Morgan fingerprint density at radius 2 is 2.12 bits per heavy atom. The lowest BCUT2D eigenvalue weighted by molar-refractivity contribution is 0.217. The lowest BCUT2D eigenvalue weighted by Crippen LogP contribution is -2.39. The number of hydrogen-bond donors (Lipinski definition) is 1. The number of sulfonamides is 1. The monoisotopic (exact) mass is 369 g/mol. The van der Waals surface area contributed by atoms with E-state index in [-0.39, 0.29) is 4.90 Å². The third-order valence-corrected chi connectivity index (χ3v) is 7.23. The van der Waals surface area contributed by atoms with Gasteiger partial charge in [-0.15, -0.1) is 11.3 Å². The minimum Gasteiger partial charge on any atom is -0.360 e. The van der Waals surface area contributed by atoms with Crippen molar-refractivity contribution in [1.82, 2.24) is 14.8 Å². The Balaban J connectivity index is 1.47. The Kier molecular flexibility index (Phi) is 5.39. The van der Waals surface area contributed by atoms with Crippen molar-refractivity contribution in [2.45, 2.75) is 37.5 Å². The number of thiophene rings is 1. The van der Waals surface area contributed by atoms with Crippen molar-refractivity contribution >= 4 is 21.4 Å². The summed E-state index contributed by atoms with van der Waals surface area (Å²) in [4.78, 5) is 3.95. The lowest BCUT2D eigenvalue weighted by Gasteiger charge is -2.31. The largest absolute Gasteiger partial charge is 0.360 e. The summed E-state index contributed by atoms with van der Waals surface area (Å²) in [5.74, 6) is 0.983. The van der Waals surface area contributed by atoms with Crippen molar-refractivity contribution in [1.29, 1.82) is 0 Å². The summed E-state index contributed by atoms with van der Waals surface area (Å²) in [6, 6.07) is 4.32. The van der Waals surface area contributed by atoms with E-state index >= 15 is 0 Å². The van der Waals surface area contributed by atoms with Crippen molar-refractivity contribution in [3.05, 3.63) is 33.8 Å². The van der Waals surface area contributed by atoms with Crippen LogP contribution >= 0.6 is 11.3 Å². The molecule has 1 aliphatic rings. The van der Waals surface area contributed by atoms with Crippen LogP contribution in [0.2, 0.25) is 0 Å². The number of aryl methyl sites for hydroxylation is 2. The fourth-order valence-electron chi connectivity index (χ4n) is 3.23. The van der Waals surface area contributed by atoms with Gasteiger partial charge in [0.05, 0.1) is 0 Å². The molecule has 0 bridgehead atoms. The van der Waals surface area contributed by atoms with Crippen LogP contribution in [0.5, 0.6) is 0 Å². The Hall–Kier alpha value is -1.22. The van der Waals surface area contributed by atoms with Gasteiger partial charge in [0.25, 0.3) is 0 Å². The maximum atomic E-state index is 12.4. The SMILES string of the molecule is Cc1noc(C)c1S(=O)(=O)NCCN1CCC(c2cccs2)CC1. The van der Waals surface area contributed by atoms with Crippen LogP contribution in [0.15, 0.2) is 26.9 Å². The van der Waals surface area contributed by atoms with Crippen LogP contribution < -0.4 is 4.72 Å². The van der Waals surface area contributed by atoms with E-state index in [2.05, 4.69) is 32.3 Å². The van der Waals surface area contributed by atoms with E-state index in [1.807, 2.05) is 11.3 Å². The van der Waals surface area contributed by atoms with E-state index in [1.165, 1.54) is 4.88 Å². The van der Waals surface area contributed by atoms with Gasteiger partial charge in [0.2, 0.25) is 10.0 Å². The second-order valence-electron chi connectivity index (χ2n) is 6.18. The molecule has 24 heavy (non-hydrogen) atoms. The number of likely N-dealkylation sites (tertiary alicyclic amines) is 1. The topological polar surface area (TPSA) is 75.4 Å². The van der Waals surface area contributed by atoms with E-state index in [0.29, 0.717) is 23.9 Å². The van der Waals surface area contributed by atoms with Gasteiger partial charge in [0.1, 0.15) is 10.6 Å². The average Bonchev–Trinajstić information content (AvgIpc) is 3.18. The average molecular weight is 370 g/mol. The number of nitrogens with one attached hydrogen (secondary N) is 1. The zero-order chi connectivity index (χ0) is 17.2. The molecule has 0 unspecified atom stereocenters. The van der Waals surface area contributed by atoms with Gasteiger partial charge in [-0.05, 0) is 57.1 Å². The molecule has 2 aromatic rings. The third kappa shape index (κ3) is 3.88. The number of nitrogens with zero attached hydrogens (tertiary/aromatic N) is 2. The molecule has 1 fully saturated rings. The fraction of sp³-hybridized carbons (Fsp3) is 0.562. The van der Waals surface area contributed by atoms with Gasteiger partial charge in [-0.25, -0.2) is 13.1 Å².